The molecule has 2 aromatic carbocycles. The Kier molecular flexibility index (Phi) is 7.27. The minimum Gasteiger partial charge on any atom is -0.490 e. The van der Waals surface area contributed by atoms with Gasteiger partial charge in [-0.1, -0.05) is 35.9 Å². The highest BCUT2D eigenvalue weighted by Crippen LogP contribution is 2.22. The summed E-state index contributed by atoms with van der Waals surface area (Å²) in [5, 5.41) is 0.528. The molecule has 0 saturated carbocycles. The zero-order chi connectivity index (χ0) is 19.9. The van der Waals surface area contributed by atoms with E-state index < -0.39 is 10.0 Å². The minimum atomic E-state index is -3.31. The summed E-state index contributed by atoms with van der Waals surface area (Å²) in [6, 6.07) is 13.9. The molecule has 0 radical (unpaired) electrons. The highest BCUT2D eigenvalue weighted by Gasteiger charge is 2.06. The number of likely N-dealkylation sites (N-methyl/N-ethyl adjacent to an activating group) is 1. The lowest BCUT2D eigenvalue weighted by molar-refractivity contribution is -0.125. The first-order valence-corrected chi connectivity index (χ1v) is 10.4. The van der Waals surface area contributed by atoms with Crippen LogP contribution in [0.5, 0.6) is 5.75 Å². The lowest BCUT2D eigenvalue weighted by Crippen LogP contribution is -2.29. The van der Waals surface area contributed by atoms with Crippen molar-refractivity contribution in [2.75, 3.05) is 31.2 Å². The first-order valence-electron chi connectivity index (χ1n) is 8.13. The van der Waals surface area contributed by atoms with E-state index in [9.17, 15) is 13.2 Å². The quantitative estimate of drug-likeness (QED) is 0.680. The summed E-state index contributed by atoms with van der Waals surface area (Å²) in [7, 11) is -1.63. The third-order valence-corrected chi connectivity index (χ3v) is 4.45. The summed E-state index contributed by atoms with van der Waals surface area (Å²) in [5.41, 5.74) is 1.25. The van der Waals surface area contributed by atoms with Crippen molar-refractivity contribution >= 4 is 39.3 Å². The van der Waals surface area contributed by atoms with Gasteiger partial charge in [-0.3, -0.25) is 9.52 Å². The van der Waals surface area contributed by atoms with Gasteiger partial charge in [-0.2, -0.15) is 0 Å². The minimum absolute atomic E-state index is 0.170. The van der Waals surface area contributed by atoms with Crippen LogP contribution in [0, 0.1) is 0 Å². The summed E-state index contributed by atoms with van der Waals surface area (Å²) < 4.78 is 30.3. The number of amides is 1. The molecule has 27 heavy (non-hydrogen) atoms. The van der Waals surface area contributed by atoms with Crippen LogP contribution < -0.4 is 9.46 Å². The van der Waals surface area contributed by atoms with Crippen LogP contribution in [-0.4, -0.2) is 45.7 Å². The zero-order valence-corrected chi connectivity index (χ0v) is 16.6. The number of sulfonamides is 1. The molecule has 0 heterocycles. The normalized spacial score (nSPS) is 11.4. The van der Waals surface area contributed by atoms with E-state index in [-0.39, 0.29) is 5.91 Å². The van der Waals surface area contributed by atoms with E-state index in [2.05, 4.69) is 4.72 Å². The number of rotatable bonds is 8. The van der Waals surface area contributed by atoms with Gasteiger partial charge in [0.25, 0.3) is 0 Å². The van der Waals surface area contributed by atoms with Crippen molar-refractivity contribution in [1.29, 1.82) is 0 Å². The van der Waals surface area contributed by atoms with Crippen LogP contribution in [0.4, 0.5) is 5.69 Å². The molecule has 0 bridgehead atoms. The second-order valence-corrected chi connectivity index (χ2v) is 8.02. The Morgan fingerprint density at radius 2 is 1.85 bits per heavy atom. The molecule has 0 aliphatic carbocycles. The van der Waals surface area contributed by atoms with E-state index in [1.54, 1.807) is 49.5 Å². The predicted molar refractivity (Wildman–Crippen MR) is 109 cm³/mol. The van der Waals surface area contributed by atoms with E-state index in [4.69, 9.17) is 16.3 Å². The van der Waals surface area contributed by atoms with E-state index in [1.165, 1.54) is 11.0 Å². The molecule has 0 fully saturated rings. The van der Waals surface area contributed by atoms with E-state index in [0.29, 0.717) is 29.6 Å². The highest BCUT2D eigenvalue weighted by atomic mass is 35.5. The van der Waals surface area contributed by atoms with Crippen LogP contribution in [0.3, 0.4) is 0 Å². The Bertz CT molecular complexity index is 912. The average Bonchev–Trinajstić information content (AvgIpc) is 2.61. The number of ether oxygens (including phenoxy) is 1. The molecule has 0 unspecified atom stereocenters. The lowest BCUT2D eigenvalue weighted by atomic mass is 10.2. The SMILES string of the molecule is CN(CCOc1ccccc1Cl)C(=O)/C=C/c1ccc(NS(C)(=O)=O)cc1. The van der Waals surface area contributed by atoms with Gasteiger partial charge in [0.15, 0.2) is 0 Å². The van der Waals surface area contributed by atoms with Gasteiger partial charge >= 0.3 is 0 Å². The van der Waals surface area contributed by atoms with E-state index in [1.807, 2.05) is 12.1 Å². The van der Waals surface area contributed by atoms with Crippen LogP contribution in [0.15, 0.2) is 54.6 Å². The molecule has 0 saturated heterocycles. The summed E-state index contributed by atoms with van der Waals surface area (Å²) in [6.07, 6.45) is 4.21. The van der Waals surface area contributed by atoms with Gasteiger partial charge in [-0.15, -0.1) is 0 Å². The number of anilines is 1. The number of nitrogens with one attached hydrogen (secondary N) is 1. The van der Waals surface area contributed by atoms with Gasteiger partial charge in [0.1, 0.15) is 12.4 Å². The molecule has 0 spiro atoms. The van der Waals surface area contributed by atoms with Crippen molar-refractivity contribution in [3.63, 3.8) is 0 Å². The molecule has 6 nitrogen and oxygen atoms in total. The number of carbonyl (C=O) groups is 1. The Morgan fingerprint density at radius 1 is 1.19 bits per heavy atom. The van der Waals surface area contributed by atoms with Crippen molar-refractivity contribution in [3.8, 4) is 5.75 Å². The number of hydrogen-bond acceptors (Lipinski definition) is 4. The first kappa shape index (κ1) is 20.8. The van der Waals surface area contributed by atoms with Crippen molar-refractivity contribution in [3.05, 3.63) is 65.2 Å². The summed E-state index contributed by atoms with van der Waals surface area (Å²) in [5.74, 6) is 0.412. The van der Waals surface area contributed by atoms with Gasteiger partial charge in [0, 0.05) is 18.8 Å². The zero-order valence-electron chi connectivity index (χ0n) is 15.1. The maximum Gasteiger partial charge on any atom is 0.246 e. The fourth-order valence-corrected chi connectivity index (χ4v) is 2.89. The van der Waals surface area contributed by atoms with E-state index in [0.717, 1.165) is 11.8 Å². The fourth-order valence-electron chi connectivity index (χ4n) is 2.14. The number of hydrogen-bond donors (Lipinski definition) is 1. The van der Waals surface area contributed by atoms with Crippen molar-refractivity contribution in [2.45, 2.75) is 0 Å². The molecule has 0 aliphatic rings. The maximum atomic E-state index is 12.1. The third kappa shape index (κ3) is 7.32. The molecule has 0 aliphatic heterocycles. The third-order valence-electron chi connectivity index (χ3n) is 3.53. The molecule has 8 heteroatoms. The topological polar surface area (TPSA) is 75.7 Å². The van der Waals surface area contributed by atoms with Gasteiger partial charge in [0.05, 0.1) is 17.8 Å². The molecule has 1 N–H and O–H groups in total. The second kappa shape index (κ2) is 9.43. The Balaban J connectivity index is 1.83. The molecule has 2 rings (SSSR count). The van der Waals surface area contributed by atoms with Crippen LogP contribution in [-0.2, 0) is 14.8 Å². The second-order valence-electron chi connectivity index (χ2n) is 5.87. The molecule has 0 atom stereocenters. The van der Waals surface area contributed by atoms with Crippen molar-refractivity contribution in [1.82, 2.24) is 4.90 Å². The number of nitrogens with zero attached hydrogens (tertiary/aromatic N) is 1. The Labute approximate surface area is 164 Å². The number of benzene rings is 2. The molecule has 1 amide bonds. The van der Waals surface area contributed by atoms with Crippen molar-refractivity contribution < 1.29 is 17.9 Å². The average molecular weight is 409 g/mol. The standard InChI is InChI=1S/C19H21ClN2O4S/c1-22(13-14-26-18-6-4-3-5-17(18)20)19(23)12-9-15-7-10-16(11-8-15)21-27(2,24)25/h3-12,21H,13-14H2,1-2H3/b12-9+. The fraction of sp³-hybridized carbons (Fsp3) is 0.211. The molecular formula is C19H21ClN2O4S. The van der Waals surface area contributed by atoms with Gasteiger partial charge in [-0.05, 0) is 35.9 Å². The van der Waals surface area contributed by atoms with Crippen LogP contribution in [0.1, 0.15) is 5.56 Å². The number of carbonyl (C=O) groups excluding carboxylic acids is 1. The molecule has 0 aromatic heterocycles. The van der Waals surface area contributed by atoms with Gasteiger partial charge < -0.3 is 9.64 Å². The number of para-hydroxylation sites is 1. The molecule has 144 valence electrons. The Hall–Kier alpha value is -2.51. The monoisotopic (exact) mass is 408 g/mol. The summed E-state index contributed by atoms with van der Waals surface area (Å²) in [4.78, 5) is 13.7. The van der Waals surface area contributed by atoms with Crippen molar-refractivity contribution in [2.24, 2.45) is 0 Å². The summed E-state index contributed by atoms with van der Waals surface area (Å²) in [6.45, 7) is 0.733. The van der Waals surface area contributed by atoms with Gasteiger partial charge in [-0.25, -0.2) is 8.42 Å². The Morgan fingerprint density at radius 3 is 2.48 bits per heavy atom. The van der Waals surface area contributed by atoms with Gasteiger partial charge in [0.2, 0.25) is 15.9 Å². The first-order chi connectivity index (χ1) is 12.7. The molecule has 2 aromatic rings. The lowest BCUT2D eigenvalue weighted by Gasteiger charge is -2.16. The predicted octanol–water partition coefficient (Wildman–Crippen LogP) is 3.26. The van der Waals surface area contributed by atoms with Crippen LogP contribution in [0.25, 0.3) is 6.08 Å². The smallest absolute Gasteiger partial charge is 0.246 e. The van der Waals surface area contributed by atoms with Crippen LogP contribution >= 0.6 is 11.6 Å². The maximum absolute atomic E-state index is 12.1. The molecular weight excluding hydrogens is 388 g/mol. The van der Waals surface area contributed by atoms with Crippen LogP contribution in [0.2, 0.25) is 5.02 Å². The van der Waals surface area contributed by atoms with E-state index >= 15 is 0 Å². The largest absolute Gasteiger partial charge is 0.490 e. The highest BCUT2D eigenvalue weighted by molar-refractivity contribution is 7.92. The summed E-state index contributed by atoms with van der Waals surface area (Å²) >= 11 is 6.01. The number of halogens is 1.